The van der Waals surface area contributed by atoms with Gasteiger partial charge in [0.05, 0.1) is 17.4 Å². The fraction of sp³-hybridized carbons (Fsp3) is 0.200. The third-order valence-electron chi connectivity index (χ3n) is 8.81. The number of nitro groups is 1. The third-order valence-corrected chi connectivity index (χ3v) is 8.81. The van der Waals surface area contributed by atoms with Gasteiger partial charge in [0.15, 0.2) is 0 Å². The molecule has 5 N–H and O–H groups in total. The summed E-state index contributed by atoms with van der Waals surface area (Å²) >= 11 is 0. The Balaban J connectivity index is 1.23. The number of nitrogens with two attached hydrogens (primary N) is 2. The van der Waals surface area contributed by atoms with Gasteiger partial charge < -0.3 is 31.0 Å². The highest BCUT2D eigenvalue weighted by Crippen LogP contribution is 2.43. The largest absolute Gasteiger partial charge is 0.514 e. The van der Waals surface area contributed by atoms with Crippen LogP contribution in [0.4, 0.5) is 16.2 Å². The van der Waals surface area contributed by atoms with Crippen LogP contribution in [0.5, 0.6) is 11.5 Å². The summed E-state index contributed by atoms with van der Waals surface area (Å²) in [6.07, 6.45) is 0.703. The smallest absolute Gasteiger partial charge is 0.497 e. The first-order valence-electron chi connectivity index (χ1n) is 16.5. The molecule has 5 rings (SSSR count). The van der Waals surface area contributed by atoms with Crippen molar-refractivity contribution >= 4 is 23.4 Å². The number of rotatable bonds is 16. The molecule has 0 saturated carbocycles. The van der Waals surface area contributed by atoms with Crippen LogP contribution in [-0.4, -0.2) is 36.2 Å². The van der Waals surface area contributed by atoms with E-state index in [2.05, 4.69) is 41.7 Å². The molecule has 0 radical (unpaired) electrons. The topological polar surface area (TPSA) is 169 Å². The number of nitro benzene ring substituents is 1. The molecule has 0 aliphatic rings. The van der Waals surface area contributed by atoms with E-state index in [4.69, 9.17) is 25.7 Å². The average molecular weight is 689 g/mol. The molecule has 0 aliphatic carbocycles. The number of carbonyl (C=O) groups is 2. The van der Waals surface area contributed by atoms with Crippen molar-refractivity contribution in [2.24, 2.45) is 11.5 Å². The molecule has 0 heterocycles. The molecule has 5 aromatic carbocycles. The number of ether oxygens (including phenoxy) is 3. The van der Waals surface area contributed by atoms with Crippen LogP contribution in [0.1, 0.15) is 41.5 Å². The number of amides is 1. The van der Waals surface area contributed by atoms with Crippen molar-refractivity contribution in [3.8, 4) is 11.5 Å². The number of carbonyl (C=O) groups excluding carboxylic acids is 2. The van der Waals surface area contributed by atoms with Gasteiger partial charge in [0.1, 0.15) is 24.1 Å². The summed E-state index contributed by atoms with van der Waals surface area (Å²) in [5.41, 5.74) is 16.7. The first kappa shape index (κ1) is 36.1. The number of non-ortho nitro benzene ring substituents is 1. The van der Waals surface area contributed by atoms with Gasteiger partial charge in [-0.2, -0.15) is 0 Å². The van der Waals surface area contributed by atoms with E-state index in [-0.39, 0.29) is 24.1 Å². The maximum Gasteiger partial charge on any atom is 0.514 e. The Labute approximate surface area is 296 Å². The van der Waals surface area contributed by atoms with E-state index < -0.39 is 28.4 Å². The normalized spacial score (nSPS) is 12.3. The van der Waals surface area contributed by atoms with Crippen molar-refractivity contribution in [1.82, 2.24) is 0 Å². The molecule has 0 spiro atoms. The van der Waals surface area contributed by atoms with E-state index in [1.165, 1.54) is 24.3 Å². The van der Waals surface area contributed by atoms with Crippen LogP contribution in [0, 0.1) is 10.1 Å². The van der Waals surface area contributed by atoms with E-state index in [1.807, 2.05) is 48.5 Å². The van der Waals surface area contributed by atoms with Crippen LogP contribution in [0.15, 0.2) is 133 Å². The molecule has 11 nitrogen and oxygen atoms in total. The summed E-state index contributed by atoms with van der Waals surface area (Å²) in [4.78, 5) is 34.9. The van der Waals surface area contributed by atoms with Gasteiger partial charge in [-0.1, -0.05) is 84.9 Å². The monoisotopic (exact) mass is 688 g/mol. The van der Waals surface area contributed by atoms with Crippen LogP contribution < -0.4 is 26.3 Å². The van der Waals surface area contributed by atoms with Gasteiger partial charge in [0, 0.05) is 23.9 Å². The molecule has 5 aromatic rings. The number of methoxy groups -OCH3 is 1. The third kappa shape index (κ3) is 8.89. The van der Waals surface area contributed by atoms with Gasteiger partial charge in [0.25, 0.3) is 5.69 Å². The average Bonchev–Trinajstić information content (AvgIpc) is 3.15. The maximum absolute atomic E-state index is 12.6. The second-order valence-electron chi connectivity index (χ2n) is 12.0. The van der Waals surface area contributed by atoms with Crippen molar-refractivity contribution in [2.75, 3.05) is 12.4 Å². The van der Waals surface area contributed by atoms with Gasteiger partial charge in [-0.15, -0.1) is 0 Å². The summed E-state index contributed by atoms with van der Waals surface area (Å²) in [7, 11) is 1.64. The minimum atomic E-state index is -0.950. The lowest BCUT2D eigenvalue weighted by Crippen LogP contribution is -2.47. The summed E-state index contributed by atoms with van der Waals surface area (Å²) in [5, 5.41) is 14.0. The van der Waals surface area contributed by atoms with Crippen molar-refractivity contribution in [1.29, 1.82) is 0 Å². The van der Waals surface area contributed by atoms with Crippen LogP contribution >= 0.6 is 0 Å². The zero-order chi connectivity index (χ0) is 36.2. The molecule has 1 unspecified atom stereocenters. The summed E-state index contributed by atoms with van der Waals surface area (Å²) in [6, 6.07) is 39.5. The Hall–Kier alpha value is -6.20. The zero-order valence-electron chi connectivity index (χ0n) is 28.1. The van der Waals surface area contributed by atoms with E-state index in [9.17, 15) is 19.7 Å². The Morgan fingerprint density at radius 3 is 1.84 bits per heavy atom. The Morgan fingerprint density at radius 1 is 0.765 bits per heavy atom. The van der Waals surface area contributed by atoms with E-state index in [0.29, 0.717) is 30.5 Å². The molecule has 0 fully saturated rings. The second-order valence-corrected chi connectivity index (χ2v) is 12.0. The van der Waals surface area contributed by atoms with Crippen molar-refractivity contribution in [3.63, 3.8) is 0 Å². The Kier molecular flexibility index (Phi) is 12.0. The minimum Gasteiger partial charge on any atom is -0.497 e. The van der Waals surface area contributed by atoms with E-state index in [0.717, 1.165) is 22.4 Å². The van der Waals surface area contributed by atoms with Gasteiger partial charge >= 0.3 is 6.16 Å². The van der Waals surface area contributed by atoms with E-state index in [1.54, 1.807) is 31.4 Å². The number of nitrogens with one attached hydrogen (secondary N) is 1. The lowest BCUT2D eigenvalue weighted by atomic mass is 9.64. The highest BCUT2D eigenvalue weighted by molar-refractivity contribution is 5.82. The lowest BCUT2D eigenvalue weighted by molar-refractivity contribution is -0.384. The van der Waals surface area contributed by atoms with Gasteiger partial charge in [-0.3, -0.25) is 14.9 Å². The van der Waals surface area contributed by atoms with Crippen molar-refractivity contribution in [2.45, 2.75) is 43.4 Å². The minimum absolute atomic E-state index is 0.0675. The fourth-order valence-electron chi connectivity index (χ4n) is 6.24. The highest BCUT2D eigenvalue weighted by atomic mass is 16.7. The molecule has 0 bridgehead atoms. The SMILES string of the molecule is COc1ccc(C(c2ccccc2)(c2ccccc2)C(N)CCC[C@H](Nc2ccc(COC(=O)Oc3ccc([N+](=O)[O-])cc3)cc2)C(N)=O)cc1. The number of primary amides is 1. The van der Waals surface area contributed by atoms with Gasteiger partial charge in [-0.25, -0.2) is 4.79 Å². The molecule has 51 heavy (non-hydrogen) atoms. The molecule has 0 aromatic heterocycles. The summed E-state index contributed by atoms with van der Waals surface area (Å²) in [5.74, 6) is 0.383. The van der Waals surface area contributed by atoms with Crippen LogP contribution in [-0.2, 0) is 21.6 Å². The zero-order valence-corrected chi connectivity index (χ0v) is 28.1. The number of hydrogen-bond acceptors (Lipinski definition) is 9. The molecule has 0 saturated heterocycles. The van der Waals surface area contributed by atoms with Crippen LogP contribution in [0.3, 0.4) is 0 Å². The number of hydrogen-bond donors (Lipinski definition) is 3. The van der Waals surface area contributed by atoms with Gasteiger partial charge in [-0.05, 0) is 77.9 Å². The lowest BCUT2D eigenvalue weighted by Gasteiger charge is -2.41. The molecule has 2 atom stereocenters. The molecule has 262 valence electrons. The predicted molar refractivity (Wildman–Crippen MR) is 195 cm³/mol. The fourth-order valence-corrected chi connectivity index (χ4v) is 6.24. The van der Waals surface area contributed by atoms with Crippen molar-refractivity contribution < 1.29 is 28.7 Å². The standard InChI is InChI=1S/C40H40N4O7/c1-49-34-23-17-31(18-24-34)40(29-9-4-2-5-10-29,30-11-6-3-7-12-30)37(41)14-8-13-36(38(42)45)43-32-19-15-28(16-20-32)27-50-39(46)51-35-25-21-33(22-26-35)44(47)48/h2-7,9-12,15-26,36-37,43H,8,13-14,27,41H2,1H3,(H2,42,45)/t36-,37?/m0/s1. The molecular formula is C40H40N4O7. The van der Waals surface area contributed by atoms with E-state index >= 15 is 0 Å². The summed E-state index contributed by atoms with van der Waals surface area (Å²) < 4.78 is 15.7. The number of benzene rings is 5. The highest BCUT2D eigenvalue weighted by Gasteiger charge is 2.41. The maximum atomic E-state index is 12.6. The van der Waals surface area contributed by atoms with Crippen molar-refractivity contribution in [3.05, 3.63) is 166 Å². The quantitative estimate of drug-likeness (QED) is 0.0321. The Bertz CT molecular complexity index is 1850. The first-order valence-corrected chi connectivity index (χ1v) is 16.5. The molecule has 0 aliphatic heterocycles. The van der Waals surface area contributed by atoms with Gasteiger partial charge in [0.2, 0.25) is 5.91 Å². The number of anilines is 1. The van der Waals surface area contributed by atoms with Crippen LogP contribution in [0.2, 0.25) is 0 Å². The first-order chi connectivity index (χ1) is 24.7. The predicted octanol–water partition coefficient (Wildman–Crippen LogP) is 7.12. The van der Waals surface area contributed by atoms with Crippen LogP contribution in [0.25, 0.3) is 0 Å². The molecule has 1 amide bonds. The molecular weight excluding hydrogens is 648 g/mol. The number of nitrogens with zero attached hydrogens (tertiary/aromatic N) is 1. The summed E-state index contributed by atoms with van der Waals surface area (Å²) in [6.45, 7) is -0.0675. The second kappa shape index (κ2) is 17.0. The molecule has 11 heteroatoms. The Morgan fingerprint density at radius 2 is 1.31 bits per heavy atom.